The molecule has 0 atom stereocenters. The molecule has 0 bridgehead atoms. The van der Waals surface area contributed by atoms with E-state index in [1.807, 2.05) is 0 Å². The number of carboxylic acid groups (broad SMARTS) is 1. The van der Waals surface area contributed by atoms with E-state index in [-0.39, 0.29) is 21.3 Å². The fraction of sp³-hybridized carbons (Fsp3) is 0.0769. The van der Waals surface area contributed by atoms with Crippen LogP contribution in [0.3, 0.4) is 0 Å². The molecule has 0 saturated carbocycles. The molecule has 0 spiro atoms. The highest BCUT2D eigenvalue weighted by atomic mass is 35.5. The van der Waals surface area contributed by atoms with Crippen LogP contribution in [0.4, 0.5) is 5.69 Å². The zero-order valence-electron chi connectivity index (χ0n) is 10.2. The maximum atomic E-state index is 12.1. The highest BCUT2D eigenvalue weighted by Gasteiger charge is 2.19. The van der Waals surface area contributed by atoms with E-state index < -0.39 is 11.9 Å². The number of thiophene rings is 1. The molecule has 0 unspecified atom stereocenters. The zero-order chi connectivity index (χ0) is 14.9. The summed E-state index contributed by atoms with van der Waals surface area (Å²) in [6, 6.07) is 4.43. The van der Waals surface area contributed by atoms with Gasteiger partial charge in [0.15, 0.2) is 0 Å². The number of carboxylic acids is 1. The molecule has 1 heterocycles. The van der Waals surface area contributed by atoms with E-state index in [9.17, 15) is 9.59 Å². The van der Waals surface area contributed by atoms with Crippen molar-refractivity contribution in [2.75, 3.05) is 5.32 Å². The van der Waals surface area contributed by atoms with E-state index in [0.717, 1.165) is 5.56 Å². The number of amides is 1. The van der Waals surface area contributed by atoms with E-state index in [0.29, 0.717) is 4.88 Å². The Morgan fingerprint density at radius 1 is 1.30 bits per heavy atom. The molecule has 2 aromatic rings. The Morgan fingerprint density at radius 3 is 2.55 bits per heavy atom. The maximum Gasteiger partial charge on any atom is 0.337 e. The predicted molar refractivity (Wildman–Crippen MR) is 80.4 cm³/mol. The number of halogens is 2. The lowest BCUT2D eigenvalue weighted by atomic mass is 10.1. The topological polar surface area (TPSA) is 66.4 Å². The number of hydrogen-bond donors (Lipinski definition) is 2. The second kappa shape index (κ2) is 5.83. The standard InChI is InChI=1S/C13H9Cl2NO3S/c1-6-2-3-20-11(6)12(17)16-10-8(13(18)19)4-7(14)5-9(10)15/h2-5H,1H3,(H,16,17)(H,18,19). The Hall–Kier alpha value is -1.56. The van der Waals surface area contributed by atoms with Crippen LogP contribution in [0, 0.1) is 6.92 Å². The molecule has 0 radical (unpaired) electrons. The van der Waals surface area contributed by atoms with Gasteiger partial charge in [-0.2, -0.15) is 0 Å². The molecule has 2 N–H and O–H groups in total. The Labute approximate surface area is 128 Å². The van der Waals surface area contributed by atoms with E-state index in [2.05, 4.69) is 5.32 Å². The van der Waals surface area contributed by atoms with Gasteiger partial charge in [-0.3, -0.25) is 4.79 Å². The van der Waals surface area contributed by atoms with Gasteiger partial charge in [0.05, 0.1) is 21.2 Å². The first-order valence-corrected chi connectivity index (χ1v) is 7.11. The summed E-state index contributed by atoms with van der Waals surface area (Å²) in [5.74, 6) is -1.61. The minimum Gasteiger partial charge on any atom is -0.478 e. The number of nitrogens with one attached hydrogen (secondary N) is 1. The van der Waals surface area contributed by atoms with Crippen LogP contribution in [0.1, 0.15) is 25.6 Å². The molecule has 1 amide bonds. The van der Waals surface area contributed by atoms with Crippen molar-refractivity contribution in [3.8, 4) is 0 Å². The summed E-state index contributed by atoms with van der Waals surface area (Å²) in [5.41, 5.74) is 0.709. The summed E-state index contributed by atoms with van der Waals surface area (Å²) in [7, 11) is 0. The van der Waals surface area contributed by atoms with Gasteiger partial charge in [-0.1, -0.05) is 23.2 Å². The average Bonchev–Trinajstić information content (AvgIpc) is 2.78. The minimum atomic E-state index is -1.22. The summed E-state index contributed by atoms with van der Waals surface area (Å²) in [6.45, 7) is 1.80. The van der Waals surface area contributed by atoms with Crippen molar-refractivity contribution in [1.82, 2.24) is 0 Å². The number of rotatable bonds is 3. The summed E-state index contributed by atoms with van der Waals surface area (Å²) in [4.78, 5) is 23.8. The van der Waals surface area contributed by atoms with Crippen molar-refractivity contribution in [3.05, 3.63) is 49.6 Å². The smallest absolute Gasteiger partial charge is 0.337 e. The second-order valence-electron chi connectivity index (χ2n) is 4.00. The fourth-order valence-electron chi connectivity index (χ4n) is 1.64. The normalized spacial score (nSPS) is 10.3. The van der Waals surface area contributed by atoms with E-state index >= 15 is 0 Å². The number of anilines is 1. The van der Waals surface area contributed by atoms with Crippen molar-refractivity contribution >= 4 is 52.1 Å². The second-order valence-corrected chi connectivity index (χ2v) is 5.76. The van der Waals surface area contributed by atoms with Gasteiger partial charge in [0.25, 0.3) is 5.91 Å². The Kier molecular flexibility index (Phi) is 4.32. The van der Waals surface area contributed by atoms with Crippen LogP contribution in [0.25, 0.3) is 0 Å². The highest BCUT2D eigenvalue weighted by Crippen LogP contribution is 2.31. The Balaban J connectivity index is 2.41. The van der Waals surface area contributed by atoms with Gasteiger partial charge in [-0.05, 0) is 36.1 Å². The largest absolute Gasteiger partial charge is 0.478 e. The van der Waals surface area contributed by atoms with Crippen LogP contribution < -0.4 is 5.32 Å². The monoisotopic (exact) mass is 329 g/mol. The first-order chi connectivity index (χ1) is 9.40. The minimum absolute atomic E-state index is 0.0429. The summed E-state index contributed by atoms with van der Waals surface area (Å²) < 4.78 is 0. The fourth-order valence-corrected chi connectivity index (χ4v) is 3.01. The van der Waals surface area contributed by atoms with E-state index in [4.69, 9.17) is 28.3 Å². The van der Waals surface area contributed by atoms with Crippen molar-refractivity contribution in [1.29, 1.82) is 0 Å². The number of benzene rings is 1. The summed E-state index contributed by atoms with van der Waals surface area (Å²) >= 11 is 13.0. The number of hydrogen-bond acceptors (Lipinski definition) is 3. The van der Waals surface area contributed by atoms with Crippen LogP contribution in [-0.4, -0.2) is 17.0 Å². The third-order valence-corrected chi connectivity index (χ3v) is 4.12. The number of carbonyl (C=O) groups excluding carboxylic acids is 1. The molecule has 0 aliphatic rings. The molecule has 0 fully saturated rings. The van der Waals surface area contributed by atoms with Crippen LogP contribution >= 0.6 is 34.5 Å². The Bertz CT molecular complexity index is 697. The lowest BCUT2D eigenvalue weighted by Crippen LogP contribution is -2.15. The average molecular weight is 330 g/mol. The van der Waals surface area contributed by atoms with Gasteiger partial charge in [-0.25, -0.2) is 4.79 Å². The van der Waals surface area contributed by atoms with Gasteiger partial charge < -0.3 is 10.4 Å². The number of aromatic carboxylic acids is 1. The van der Waals surface area contributed by atoms with E-state index in [1.165, 1.54) is 23.5 Å². The van der Waals surface area contributed by atoms with Gasteiger partial charge in [0, 0.05) is 5.02 Å². The highest BCUT2D eigenvalue weighted by molar-refractivity contribution is 7.12. The van der Waals surface area contributed by atoms with Crippen molar-refractivity contribution in [2.45, 2.75) is 6.92 Å². The molecule has 0 aliphatic carbocycles. The predicted octanol–water partition coefficient (Wildman–Crippen LogP) is 4.31. The van der Waals surface area contributed by atoms with Gasteiger partial charge in [0.2, 0.25) is 0 Å². The lowest BCUT2D eigenvalue weighted by molar-refractivity contribution is 0.0698. The Morgan fingerprint density at radius 2 is 2.00 bits per heavy atom. The summed E-state index contributed by atoms with van der Waals surface area (Å²) in [6.07, 6.45) is 0. The lowest BCUT2D eigenvalue weighted by Gasteiger charge is -2.11. The van der Waals surface area contributed by atoms with Crippen LogP contribution in [0.15, 0.2) is 23.6 Å². The molecule has 4 nitrogen and oxygen atoms in total. The van der Waals surface area contributed by atoms with Crippen molar-refractivity contribution in [2.24, 2.45) is 0 Å². The molecular formula is C13H9Cl2NO3S. The molecule has 0 saturated heterocycles. The van der Waals surface area contributed by atoms with Gasteiger partial charge in [-0.15, -0.1) is 11.3 Å². The van der Waals surface area contributed by atoms with Crippen molar-refractivity contribution < 1.29 is 14.7 Å². The quantitative estimate of drug-likeness (QED) is 0.881. The van der Waals surface area contributed by atoms with Gasteiger partial charge in [0.1, 0.15) is 0 Å². The third-order valence-electron chi connectivity index (χ3n) is 2.59. The molecule has 7 heteroatoms. The molecule has 20 heavy (non-hydrogen) atoms. The van der Waals surface area contributed by atoms with Crippen molar-refractivity contribution in [3.63, 3.8) is 0 Å². The summed E-state index contributed by atoms with van der Waals surface area (Å²) in [5, 5.41) is 13.7. The maximum absolute atomic E-state index is 12.1. The SMILES string of the molecule is Cc1ccsc1C(=O)Nc1c(Cl)cc(Cl)cc1C(=O)O. The molecule has 1 aromatic carbocycles. The zero-order valence-corrected chi connectivity index (χ0v) is 12.6. The van der Waals surface area contributed by atoms with Crippen LogP contribution in [0.5, 0.6) is 0 Å². The molecule has 1 aromatic heterocycles. The van der Waals surface area contributed by atoms with Crippen LogP contribution in [0.2, 0.25) is 10.0 Å². The third kappa shape index (κ3) is 2.95. The number of aryl methyl sites for hydroxylation is 1. The van der Waals surface area contributed by atoms with E-state index in [1.54, 1.807) is 18.4 Å². The molecule has 104 valence electrons. The molecule has 2 rings (SSSR count). The molecule has 0 aliphatic heterocycles. The van der Waals surface area contributed by atoms with Gasteiger partial charge >= 0.3 is 5.97 Å². The number of carbonyl (C=O) groups is 2. The first-order valence-electron chi connectivity index (χ1n) is 5.48. The molecular weight excluding hydrogens is 321 g/mol. The first kappa shape index (κ1) is 14.8. The van der Waals surface area contributed by atoms with Crippen LogP contribution in [-0.2, 0) is 0 Å².